The van der Waals surface area contributed by atoms with Crippen molar-refractivity contribution >= 4 is 124 Å². The number of para-hydroxylation sites is 3. The van der Waals surface area contributed by atoms with E-state index in [-0.39, 0.29) is 87.5 Å². The minimum atomic E-state index is -3.50. The van der Waals surface area contributed by atoms with Crippen LogP contribution in [0.1, 0.15) is 155 Å². The van der Waals surface area contributed by atoms with Crippen molar-refractivity contribution in [2.24, 2.45) is 0 Å². The van der Waals surface area contributed by atoms with E-state index in [0.717, 1.165) is 32.1 Å². The number of halogens is 3. The van der Waals surface area contributed by atoms with Crippen molar-refractivity contribution in [3.8, 4) is 34.9 Å². The molecule has 0 spiro atoms. The molecule has 4 aliphatic rings. The second-order valence-corrected chi connectivity index (χ2v) is 42.5. The lowest BCUT2D eigenvalue weighted by Crippen LogP contribution is -2.42. The zero-order valence-corrected chi connectivity index (χ0v) is 79.0. The number of aromatic nitrogens is 12. The van der Waals surface area contributed by atoms with Crippen LogP contribution in [0, 0.1) is 0 Å². The number of nitrogens with zero attached hydrogens (tertiary/aromatic N) is 12. The van der Waals surface area contributed by atoms with E-state index in [0.29, 0.717) is 37.1 Å². The third-order valence-electron chi connectivity index (χ3n) is 20.2. The molecular formula is C81H112F3N18O21P3S3. The number of alkyl halides is 3. The number of rotatable bonds is 36. The molecule has 706 valence electrons. The first-order valence-electron chi connectivity index (χ1n) is 41.6. The third kappa shape index (κ3) is 25.4. The predicted octanol–water partition coefficient (Wildman–Crippen LogP) is 10.9. The number of hydrogen-bond acceptors (Lipinski definition) is 36. The van der Waals surface area contributed by atoms with Crippen LogP contribution in [-0.4, -0.2) is 227 Å². The number of hydrogen-bond donors (Lipinski definition) is 9. The van der Waals surface area contributed by atoms with Gasteiger partial charge in [-0.2, -0.15) is 29.9 Å². The van der Waals surface area contributed by atoms with Gasteiger partial charge in [0, 0.05) is 0 Å². The first-order valence-corrected chi connectivity index (χ1v) is 49.5. The molecule has 6 aromatic heterocycles. The van der Waals surface area contributed by atoms with Gasteiger partial charge in [-0.1, -0.05) is 61.0 Å². The molecule has 6 unspecified atom stereocenters. The van der Waals surface area contributed by atoms with Crippen molar-refractivity contribution in [3.63, 3.8) is 0 Å². The van der Waals surface area contributed by atoms with Crippen molar-refractivity contribution in [1.29, 1.82) is 0 Å². The Bertz CT molecular complexity index is 5460. The van der Waals surface area contributed by atoms with Crippen LogP contribution in [0.4, 0.5) is 31.0 Å². The summed E-state index contributed by atoms with van der Waals surface area (Å²) in [5, 5.41) is 42.6. The number of imidazole rings is 3. The normalized spacial score (nSPS) is 25.2. The number of fused-ring (bicyclic) bond motifs is 3. The van der Waals surface area contributed by atoms with Gasteiger partial charge in [0.15, 0.2) is 76.5 Å². The average molecular weight is 1920 g/mol. The minimum Gasteiger partial charge on any atom is -0.476 e. The molecule has 39 nitrogen and oxygen atoms in total. The average Bonchev–Trinajstić information content (AvgIpc) is 1.60. The number of aliphatic hydroxyl groups is 3. The Balaban J connectivity index is 0.000000187. The van der Waals surface area contributed by atoms with Gasteiger partial charge in [0.1, 0.15) is 82.8 Å². The Kier molecular flexibility index (Phi) is 33.2. The first kappa shape index (κ1) is 101. The summed E-state index contributed by atoms with van der Waals surface area (Å²) in [5.41, 5.74) is 11.7. The summed E-state index contributed by atoms with van der Waals surface area (Å²) >= 11 is 17.3. The number of anilines is 3. The van der Waals surface area contributed by atoms with E-state index in [9.17, 15) is 29.7 Å². The molecule has 3 aliphatic heterocycles. The summed E-state index contributed by atoms with van der Waals surface area (Å²) in [6.07, 6.45) is -4.70. The van der Waals surface area contributed by atoms with Gasteiger partial charge in [0.25, 0.3) is 0 Å². The summed E-state index contributed by atoms with van der Waals surface area (Å²) in [4.78, 5) is 76.1. The maximum absolute atomic E-state index is 15.8. The lowest BCUT2D eigenvalue weighted by Gasteiger charge is -2.29. The maximum atomic E-state index is 15.8. The van der Waals surface area contributed by atoms with E-state index in [1.807, 2.05) is 26.8 Å². The minimum absolute atomic E-state index is 0.0852. The van der Waals surface area contributed by atoms with Crippen molar-refractivity contribution < 1.29 is 113 Å². The van der Waals surface area contributed by atoms with Gasteiger partial charge < -0.3 is 102 Å². The van der Waals surface area contributed by atoms with Crippen LogP contribution < -0.4 is 60.2 Å². The maximum Gasteiger partial charge on any atom is 0.323 e. The highest BCUT2D eigenvalue weighted by Gasteiger charge is 2.59. The number of ether oxygens (including phenoxy) is 9. The molecule has 3 saturated heterocycles. The highest BCUT2D eigenvalue weighted by molar-refractivity contribution is 8.09. The van der Waals surface area contributed by atoms with Crippen LogP contribution in [0.2, 0.25) is 0 Å². The summed E-state index contributed by atoms with van der Waals surface area (Å²) in [6.45, 7) is 13.9. The number of nitrogens with two attached hydrogens (primary N) is 3. The van der Waals surface area contributed by atoms with E-state index >= 15 is 13.2 Å². The summed E-state index contributed by atoms with van der Waals surface area (Å²) in [5.74, 6) is 0.0498. The predicted molar refractivity (Wildman–Crippen MR) is 480 cm³/mol. The molecule has 0 bridgehead atoms. The summed E-state index contributed by atoms with van der Waals surface area (Å²) < 4.78 is 139. The highest BCUT2D eigenvalue weighted by atomic mass is 32.5. The first-order chi connectivity index (χ1) is 60.8. The van der Waals surface area contributed by atoms with E-state index in [1.165, 1.54) is 53.5 Å². The largest absolute Gasteiger partial charge is 0.476 e. The number of esters is 2. The molecule has 0 radical (unpaired) electrons. The zero-order valence-electron chi connectivity index (χ0n) is 73.9. The fourth-order valence-electron chi connectivity index (χ4n) is 13.8. The Labute approximate surface area is 758 Å². The quantitative estimate of drug-likeness (QED) is 0.0130. The van der Waals surface area contributed by atoms with Gasteiger partial charge >= 0.3 is 31.9 Å². The molecule has 1 saturated carbocycles. The molecule has 13 rings (SSSR count). The Morgan fingerprint density at radius 3 is 1.11 bits per heavy atom. The molecule has 9 heterocycles. The Morgan fingerprint density at radius 1 is 0.496 bits per heavy atom. The van der Waals surface area contributed by atoms with Crippen LogP contribution in [0.25, 0.3) is 33.5 Å². The standard InChI is InChI=1S/C28H38FN6O7PS.C27H38FN6O7PS.C26H36FN6O7PS/c1-4-38-24-21-23(32-27(30)33-24)35(16-31-21)26-28(3,37)22(29)20(41-26)15-39-43(44,42-19-13-9-6-10-14-19)34-17(2)25(36)40-18-11-7-5-8-12-18;1-7-37-23-20-22(31-25(29)32-23)34(15-30-20)24-27(6,36)21(28)19(40-24)14-39-42(43,41-17-11-9-8-10-12-17)33-16(2)18(35)13-38-26(3,4)5;1-7-36-21-18-20(30-24(28)31-21)33(14-29-18)23-26(6,35)19(27)17(38-23)13-37-41(42,40-16-11-9-8-10-12-16)32-15(2)22(34)39-25(3,4)5/h6,9-10,13-14,16-18,20,22,26,37H,4-5,7-8,11-12,15H2,1-3H3,(H,34,44)(H2,30,32,33);8-12,15-16,19,21,24,36H,7,13-14H2,1-6H3,(H,33,43)(H2,29,31,32);8-12,14-15,17,19,23,35H,7,13H2,1-6H3,(H,32,42)(H2,28,30,31)/t17?,20-,22-,26-,28-,43?;16?,19-,21-,24-,27-,42?;15?,17-,19-,23-,26-,41?/m111/s1. The number of nitrogen functional groups attached to an aromatic ring is 3. The smallest absolute Gasteiger partial charge is 0.323 e. The lowest BCUT2D eigenvalue weighted by molar-refractivity contribution is -0.156. The van der Waals surface area contributed by atoms with Crippen molar-refractivity contribution in [2.45, 2.75) is 244 Å². The lowest BCUT2D eigenvalue weighted by atomic mass is 9.98. The van der Waals surface area contributed by atoms with Crippen LogP contribution >= 0.6 is 19.9 Å². The van der Waals surface area contributed by atoms with Gasteiger partial charge in [-0.05, 0) is 201 Å². The topological polar surface area (TPSA) is 495 Å². The molecule has 129 heavy (non-hydrogen) atoms. The van der Waals surface area contributed by atoms with Crippen LogP contribution in [0.5, 0.6) is 34.9 Å². The van der Waals surface area contributed by atoms with E-state index in [1.54, 1.807) is 147 Å². The van der Waals surface area contributed by atoms with E-state index in [4.69, 9.17) is 122 Å². The van der Waals surface area contributed by atoms with Crippen molar-refractivity contribution in [2.75, 3.05) is 63.4 Å². The molecular weight excluding hydrogens is 1810 g/mol. The number of carbonyl (C=O) groups excluding carboxylic acids is 3. The molecule has 4 fully saturated rings. The fourth-order valence-corrected chi connectivity index (χ4v) is 21.1. The van der Waals surface area contributed by atoms with Crippen LogP contribution in [-0.2, 0) is 91.8 Å². The van der Waals surface area contributed by atoms with Gasteiger partial charge in [-0.3, -0.25) is 28.1 Å². The van der Waals surface area contributed by atoms with Crippen LogP contribution in [0.15, 0.2) is 110 Å². The van der Waals surface area contributed by atoms with Gasteiger partial charge in [-0.25, -0.2) is 43.4 Å². The van der Waals surface area contributed by atoms with Crippen molar-refractivity contribution in [1.82, 2.24) is 73.8 Å². The van der Waals surface area contributed by atoms with E-state index in [2.05, 4.69) is 60.1 Å². The molecule has 9 aromatic rings. The van der Waals surface area contributed by atoms with Gasteiger partial charge in [-0.15, -0.1) is 0 Å². The Morgan fingerprint density at radius 2 is 0.806 bits per heavy atom. The number of ketones is 1. The number of nitrogens with one attached hydrogen (secondary N) is 3. The molecule has 0 amide bonds. The molecule has 3 aromatic carbocycles. The number of benzene rings is 3. The molecule has 48 heteroatoms. The van der Waals surface area contributed by atoms with E-state index < -0.39 is 153 Å². The molecule has 1 aliphatic carbocycles. The third-order valence-corrected chi connectivity index (χ3v) is 27.7. The highest BCUT2D eigenvalue weighted by Crippen LogP contribution is 2.53. The molecule has 12 N–H and O–H groups in total. The second kappa shape index (κ2) is 42.5. The monoisotopic (exact) mass is 1920 g/mol. The SMILES string of the molecule is CCOc1nc(N)nc2c1ncn2[C@@H]1O[C@H](COP(=S)(NC(C)C(=O)COC(C)(C)C)Oc2ccccc2)[C@@H](F)[C@@]1(C)O.CCOc1nc(N)nc2c1ncn2[C@@H]1O[C@H](COP(=S)(NC(C)C(=O)OC(C)(C)C)Oc2ccccc2)[C@@H](F)[C@@]1(C)O.CCOc1nc(N)nc2c1ncn2[C@@H]1O[C@H](COP(=S)(NC(C)C(=O)OC2CCCCC2)Oc2ccccc2)[C@@H](F)[C@@]1(C)O. The summed E-state index contributed by atoms with van der Waals surface area (Å²) in [7, 11) is 0. The number of Topliss-reactive ketones (excluding diaryl/α,β-unsaturated/α-hetero) is 1. The Hall–Kier alpha value is -8.66. The van der Waals surface area contributed by atoms with Crippen LogP contribution in [0.3, 0.4) is 0 Å². The molecule has 18 atom stereocenters. The fraction of sp³-hybridized carbons (Fsp3) is 0.556. The summed E-state index contributed by atoms with van der Waals surface area (Å²) in [6, 6.07) is 23.4. The zero-order chi connectivity index (χ0) is 93.9. The van der Waals surface area contributed by atoms with Gasteiger partial charge in [0.2, 0.25) is 35.5 Å². The van der Waals surface area contributed by atoms with Crippen molar-refractivity contribution in [3.05, 3.63) is 110 Å². The van der Waals surface area contributed by atoms with Gasteiger partial charge in [0.05, 0.1) is 70.3 Å². The number of carbonyl (C=O) groups is 3. The second-order valence-electron chi connectivity index (χ2n) is 33.1.